The molecule has 0 aliphatic heterocycles. The summed E-state index contributed by atoms with van der Waals surface area (Å²) in [5.74, 6) is 1.76. The van der Waals surface area contributed by atoms with Crippen LogP contribution in [0.4, 0.5) is 0 Å². The Kier molecular flexibility index (Phi) is 2.63. The monoisotopic (exact) mass is 187 g/mol. The van der Waals surface area contributed by atoms with E-state index >= 15 is 0 Å². The number of rotatable bonds is 2. The van der Waals surface area contributed by atoms with Crippen molar-refractivity contribution < 1.29 is 4.74 Å². The molecule has 0 saturated heterocycles. The van der Waals surface area contributed by atoms with Crippen molar-refractivity contribution >= 4 is 0 Å². The zero-order valence-corrected chi connectivity index (χ0v) is 8.23. The average molecular weight is 187 g/mol. The Balaban J connectivity index is 2.12. The molecule has 2 heteroatoms. The first-order chi connectivity index (χ1) is 6.86. The molecule has 1 aliphatic rings. The predicted molar refractivity (Wildman–Crippen MR) is 55.9 cm³/mol. The molecule has 0 N–H and O–H groups in total. The van der Waals surface area contributed by atoms with Crippen molar-refractivity contribution in [3.05, 3.63) is 48.0 Å². The third-order valence-corrected chi connectivity index (χ3v) is 2.20. The summed E-state index contributed by atoms with van der Waals surface area (Å²) in [6.45, 7) is 2.07. The smallest absolute Gasteiger partial charge is 0.145 e. The molecule has 0 bridgehead atoms. The van der Waals surface area contributed by atoms with Crippen molar-refractivity contribution in [2.45, 2.75) is 19.8 Å². The summed E-state index contributed by atoms with van der Waals surface area (Å²) >= 11 is 0. The molecule has 1 aromatic rings. The molecule has 1 aliphatic carbocycles. The summed E-state index contributed by atoms with van der Waals surface area (Å²) < 4.78 is 5.70. The van der Waals surface area contributed by atoms with Crippen LogP contribution in [-0.4, -0.2) is 4.98 Å². The van der Waals surface area contributed by atoms with Gasteiger partial charge in [0.05, 0.1) is 6.20 Å². The van der Waals surface area contributed by atoms with E-state index in [0.717, 1.165) is 24.4 Å². The molecule has 1 heterocycles. The van der Waals surface area contributed by atoms with Gasteiger partial charge in [0.1, 0.15) is 11.5 Å². The van der Waals surface area contributed by atoms with E-state index in [1.165, 1.54) is 5.57 Å². The summed E-state index contributed by atoms with van der Waals surface area (Å²) in [4.78, 5) is 4.00. The minimum atomic E-state index is 0.799. The van der Waals surface area contributed by atoms with Crippen molar-refractivity contribution in [2.75, 3.05) is 0 Å². The van der Waals surface area contributed by atoms with E-state index in [4.69, 9.17) is 4.74 Å². The third kappa shape index (κ3) is 2.02. The van der Waals surface area contributed by atoms with Gasteiger partial charge in [-0.05, 0) is 43.5 Å². The summed E-state index contributed by atoms with van der Waals surface area (Å²) in [6.07, 6.45) is 9.97. The fourth-order valence-corrected chi connectivity index (χ4v) is 1.43. The van der Waals surface area contributed by atoms with Crippen LogP contribution >= 0.6 is 0 Å². The van der Waals surface area contributed by atoms with Gasteiger partial charge >= 0.3 is 0 Å². The Labute approximate surface area is 83.9 Å². The number of hydrogen-bond donors (Lipinski definition) is 0. The maximum Gasteiger partial charge on any atom is 0.145 e. The number of hydrogen-bond acceptors (Lipinski definition) is 2. The van der Waals surface area contributed by atoms with Gasteiger partial charge in [-0.2, -0.15) is 0 Å². The van der Waals surface area contributed by atoms with Crippen molar-refractivity contribution in [1.29, 1.82) is 0 Å². The van der Waals surface area contributed by atoms with Crippen LogP contribution in [0.25, 0.3) is 0 Å². The van der Waals surface area contributed by atoms with Gasteiger partial charge in [-0.3, -0.25) is 4.98 Å². The van der Waals surface area contributed by atoms with Crippen LogP contribution in [0.5, 0.6) is 5.75 Å². The molecule has 0 aromatic carbocycles. The fraction of sp³-hybridized carbons (Fsp3) is 0.250. The number of allylic oxidation sites excluding steroid dienone is 3. The van der Waals surface area contributed by atoms with Crippen LogP contribution in [0.15, 0.2) is 48.0 Å². The predicted octanol–water partition coefficient (Wildman–Crippen LogP) is 3.08. The molecule has 0 unspecified atom stereocenters. The van der Waals surface area contributed by atoms with Crippen LogP contribution in [0.1, 0.15) is 19.8 Å². The molecule has 14 heavy (non-hydrogen) atoms. The molecule has 72 valence electrons. The molecule has 2 nitrogen and oxygen atoms in total. The zero-order chi connectivity index (χ0) is 9.80. The molecule has 0 saturated carbocycles. The van der Waals surface area contributed by atoms with Crippen LogP contribution in [0.3, 0.4) is 0 Å². The number of pyridine rings is 1. The topological polar surface area (TPSA) is 22.1 Å². The van der Waals surface area contributed by atoms with E-state index in [1.54, 1.807) is 12.4 Å². The van der Waals surface area contributed by atoms with E-state index in [1.807, 2.05) is 12.1 Å². The van der Waals surface area contributed by atoms with Crippen molar-refractivity contribution in [2.24, 2.45) is 0 Å². The summed E-state index contributed by atoms with van der Waals surface area (Å²) in [6, 6.07) is 3.79. The molecular weight excluding hydrogens is 174 g/mol. The summed E-state index contributed by atoms with van der Waals surface area (Å²) in [5, 5.41) is 0. The second-order valence-corrected chi connectivity index (χ2v) is 3.32. The molecule has 1 aromatic heterocycles. The quantitative estimate of drug-likeness (QED) is 0.709. The minimum Gasteiger partial charge on any atom is -0.456 e. The lowest BCUT2D eigenvalue weighted by atomic mass is 10.1. The summed E-state index contributed by atoms with van der Waals surface area (Å²) in [7, 11) is 0. The Hall–Kier alpha value is -1.57. The summed E-state index contributed by atoms with van der Waals surface area (Å²) in [5.41, 5.74) is 1.21. The second kappa shape index (κ2) is 4.09. The highest BCUT2D eigenvalue weighted by Crippen LogP contribution is 2.21. The first kappa shape index (κ1) is 9.00. The molecule has 0 radical (unpaired) electrons. The number of ether oxygens (including phenoxy) is 1. The molecule has 0 fully saturated rings. The van der Waals surface area contributed by atoms with E-state index in [0.29, 0.717) is 0 Å². The minimum absolute atomic E-state index is 0.799. The molecule has 0 amide bonds. The first-order valence-electron chi connectivity index (χ1n) is 4.81. The van der Waals surface area contributed by atoms with Crippen molar-refractivity contribution in [3.8, 4) is 5.75 Å². The fourth-order valence-electron chi connectivity index (χ4n) is 1.43. The lowest BCUT2D eigenvalue weighted by molar-refractivity contribution is 0.428. The highest BCUT2D eigenvalue weighted by molar-refractivity contribution is 5.31. The first-order valence-corrected chi connectivity index (χ1v) is 4.81. The third-order valence-electron chi connectivity index (χ3n) is 2.20. The Morgan fingerprint density at radius 3 is 2.86 bits per heavy atom. The van der Waals surface area contributed by atoms with Crippen LogP contribution < -0.4 is 4.74 Å². The van der Waals surface area contributed by atoms with Gasteiger partial charge in [-0.1, -0.05) is 6.08 Å². The normalized spacial score (nSPS) is 15.8. The average Bonchev–Trinajstić information content (AvgIpc) is 2.23. The zero-order valence-electron chi connectivity index (χ0n) is 8.23. The van der Waals surface area contributed by atoms with Crippen molar-refractivity contribution in [3.63, 3.8) is 0 Å². The van der Waals surface area contributed by atoms with Gasteiger partial charge < -0.3 is 4.74 Å². The molecule has 2 rings (SSSR count). The van der Waals surface area contributed by atoms with Gasteiger partial charge in [-0.25, -0.2) is 0 Å². The van der Waals surface area contributed by atoms with Gasteiger partial charge in [0.25, 0.3) is 0 Å². The SMILES string of the molecule is CC1=CCCC=C1Oc1cccnc1. The Morgan fingerprint density at radius 1 is 1.29 bits per heavy atom. The van der Waals surface area contributed by atoms with Crippen molar-refractivity contribution in [1.82, 2.24) is 4.98 Å². The Morgan fingerprint density at radius 2 is 2.14 bits per heavy atom. The van der Waals surface area contributed by atoms with Crippen LogP contribution in [-0.2, 0) is 0 Å². The van der Waals surface area contributed by atoms with Crippen LogP contribution in [0, 0.1) is 0 Å². The lowest BCUT2D eigenvalue weighted by Gasteiger charge is -2.13. The highest BCUT2D eigenvalue weighted by Gasteiger charge is 2.06. The Bertz CT molecular complexity index is 365. The second-order valence-electron chi connectivity index (χ2n) is 3.32. The van der Waals surface area contributed by atoms with Gasteiger partial charge in [-0.15, -0.1) is 0 Å². The number of aromatic nitrogens is 1. The van der Waals surface area contributed by atoms with Crippen LogP contribution in [0.2, 0.25) is 0 Å². The van der Waals surface area contributed by atoms with Gasteiger partial charge in [0.2, 0.25) is 0 Å². The van der Waals surface area contributed by atoms with Gasteiger partial charge in [0.15, 0.2) is 0 Å². The molecular formula is C12H13NO. The van der Waals surface area contributed by atoms with E-state index < -0.39 is 0 Å². The van der Waals surface area contributed by atoms with E-state index in [-0.39, 0.29) is 0 Å². The van der Waals surface area contributed by atoms with E-state index in [2.05, 4.69) is 24.1 Å². The maximum absolute atomic E-state index is 5.70. The number of nitrogens with zero attached hydrogens (tertiary/aromatic N) is 1. The van der Waals surface area contributed by atoms with Gasteiger partial charge in [0, 0.05) is 6.20 Å². The standard InChI is InChI=1S/C12H13NO/c1-10-5-2-3-7-12(10)14-11-6-4-8-13-9-11/h4-9H,2-3H2,1H3. The maximum atomic E-state index is 5.70. The molecule has 0 spiro atoms. The molecule has 0 atom stereocenters. The largest absolute Gasteiger partial charge is 0.456 e. The van der Waals surface area contributed by atoms with E-state index in [9.17, 15) is 0 Å². The lowest BCUT2D eigenvalue weighted by Crippen LogP contribution is -2.00. The highest BCUT2D eigenvalue weighted by atomic mass is 16.5.